The van der Waals surface area contributed by atoms with Crippen LogP contribution in [0.25, 0.3) is 0 Å². The Morgan fingerprint density at radius 3 is 1.70 bits per heavy atom. The summed E-state index contributed by atoms with van der Waals surface area (Å²) in [6.45, 7) is 2.28. The van der Waals surface area contributed by atoms with Crippen molar-refractivity contribution in [2.75, 3.05) is 0 Å². The van der Waals surface area contributed by atoms with Gasteiger partial charge < -0.3 is 0 Å². The Bertz CT molecular complexity index is 412. The fraction of sp³-hybridized carbons (Fsp3) is 0.905. The molecule has 0 aromatic rings. The van der Waals surface area contributed by atoms with Crippen molar-refractivity contribution < 1.29 is 9.59 Å². The van der Waals surface area contributed by atoms with E-state index in [0.29, 0.717) is 0 Å². The van der Waals surface area contributed by atoms with Gasteiger partial charge in [-0.15, -0.1) is 0 Å². The van der Waals surface area contributed by atoms with E-state index in [1.54, 1.807) is 0 Å². The molecular weight excluding hydrogens is 284 g/mol. The molecule has 0 aromatic carbocycles. The van der Waals surface area contributed by atoms with Crippen molar-refractivity contribution >= 4 is 11.6 Å². The van der Waals surface area contributed by atoms with Crippen molar-refractivity contribution in [1.29, 1.82) is 0 Å². The molecule has 3 aliphatic carbocycles. The van der Waals surface area contributed by atoms with Crippen LogP contribution in [0.15, 0.2) is 0 Å². The van der Waals surface area contributed by atoms with Gasteiger partial charge in [0.05, 0.1) is 0 Å². The molecule has 0 spiro atoms. The van der Waals surface area contributed by atoms with Crippen LogP contribution >= 0.6 is 0 Å². The Morgan fingerprint density at radius 1 is 0.565 bits per heavy atom. The van der Waals surface area contributed by atoms with E-state index < -0.39 is 0 Å². The maximum Gasteiger partial charge on any atom is 0.201 e. The van der Waals surface area contributed by atoms with Crippen LogP contribution in [0.2, 0.25) is 0 Å². The highest BCUT2D eigenvalue weighted by molar-refractivity contribution is 6.38. The molecule has 0 bridgehead atoms. The first-order valence-electron chi connectivity index (χ1n) is 10.2. The van der Waals surface area contributed by atoms with Crippen molar-refractivity contribution in [3.63, 3.8) is 0 Å². The molecular formula is C21H34O2. The third kappa shape index (κ3) is 4.25. The molecule has 3 fully saturated rings. The largest absolute Gasteiger partial charge is 0.291 e. The number of Topliss-reactive ketones (excluding diaryl/α,β-unsaturated/α-hetero) is 2. The van der Waals surface area contributed by atoms with Crippen LogP contribution in [0, 0.1) is 29.6 Å². The van der Waals surface area contributed by atoms with Crippen molar-refractivity contribution in [3.8, 4) is 0 Å². The molecule has 0 saturated heterocycles. The van der Waals surface area contributed by atoms with E-state index in [1.165, 1.54) is 44.9 Å². The quantitative estimate of drug-likeness (QED) is 0.520. The lowest BCUT2D eigenvalue weighted by molar-refractivity contribution is -0.141. The van der Waals surface area contributed by atoms with Gasteiger partial charge >= 0.3 is 0 Å². The van der Waals surface area contributed by atoms with Gasteiger partial charge in [0.1, 0.15) is 0 Å². The zero-order valence-corrected chi connectivity index (χ0v) is 14.9. The predicted octanol–water partition coefficient (Wildman–Crippen LogP) is 5.34. The van der Waals surface area contributed by atoms with Gasteiger partial charge in [0.15, 0.2) is 0 Å². The van der Waals surface area contributed by atoms with Gasteiger partial charge in [-0.25, -0.2) is 0 Å². The highest BCUT2D eigenvalue weighted by Gasteiger charge is 2.36. The summed E-state index contributed by atoms with van der Waals surface area (Å²) in [4.78, 5) is 25.5. The summed E-state index contributed by atoms with van der Waals surface area (Å²) in [7, 11) is 0. The molecule has 2 nitrogen and oxygen atoms in total. The average molecular weight is 319 g/mol. The summed E-state index contributed by atoms with van der Waals surface area (Å²) in [5.41, 5.74) is 0. The zero-order chi connectivity index (χ0) is 16.2. The van der Waals surface area contributed by atoms with E-state index in [4.69, 9.17) is 0 Å². The minimum Gasteiger partial charge on any atom is -0.291 e. The van der Waals surface area contributed by atoms with Gasteiger partial charge in [-0.1, -0.05) is 51.9 Å². The summed E-state index contributed by atoms with van der Waals surface area (Å²) >= 11 is 0. The summed E-state index contributed by atoms with van der Waals surface area (Å²) < 4.78 is 0. The number of rotatable bonds is 3. The molecule has 0 heterocycles. The molecule has 130 valence electrons. The minimum absolute atomic E-state index is 0.00296. The molecule has 3 rings (SSSR count). The van der Waals surface area contributed by atoms with Crippen LogP contribution in [-0.2, 0) is 9.59 Å². The molecule has 3 aliphatic rings. The summed E-state index contributed by atoms with van der Waals surface area (Å²) in [6, 6.07) is 0. The Kier molecular flexibility index (Phi) is 5.93. The fourth-order valence-electron chi connectivity index (χ4n) is 5.43. The maximum absolute atomic E-state index is 12.8. The monoisotopic (exact) mass is 318 g/mol. The Hall–Kier alpha value is -0.660. The summed E-state index contributed by atoms with van der Waals surface area (Å²) in [6.07, 6.45) is 15.2. The smallest absolute Gasteiger partial charge is 0.201 e. The first-order valence-corrected chi connectivity index (χ1v) is 10.2. The number of hydrogen-bond donors (Lipinski definition) is 0. The van der Waals surface area contributed by atoms with Gasteiger partial charge in [0.2, 0.25) is 11.6 Å². The second kappa shape index (κ2) is 7.94. The fourth-order valence-corrected chi connectivity index (χ4v) is 5.43. The van der Waals surface area contributed by atoms with E-state index in [1.807, 2.05) is 0 Å². The van der Waals surface area contributed by atoms with E-state index >= 15 is 0 Å². The minimum atomic E-state index is -0.00558. The second-order valence-corrected chi connectivity index (χ2v) is 8.70. The van der Waals surface area contributed by atoms with Gasteiger partial charge in [-0.05, 0) is 56.3 Å². The summed E-state index contributed by atoms with van der Waals surface area (Å²) in [5, 5.41) is 0. The van der Waals surface area contributed by atoms with Crippen molar-refractivity contribution in [3.05, 3.63) is 0 Å². The van der Waals surface area contributed by atoms with E-state index in [2.05, 4.69) is 6.92 Å². The molecule has 0 aliphatic heterocycles. The van der Waals surface area contributed by atoms with Gasteiger partial charge in [-0.2, -0.15) is 0 Å². The van der Waals surface area contributed by atoms with Crippen LogP contribution in [0.5, 0.6) is 0 Å². The van der Waals surface area contributed by atoms with Gasteiger partial charge in [0.25, 0.3) is 0 Å². The number of ketones is 2. The number of hydrogen-bond acceptors (Lipinski definition) is 2. The normalized spacial score (nSPS) is 38.9. The van der Waals surface area contributed by atoms with E-state index in [0.717, 1.165) is 56.3 Å². The first kappa shape index (κ1) is 17.2. The standard InChI is InChI=1S/C21H34O2/c1-15-5-4-8-18(10-9-15)20(22)21(23)19-13-11-16-6-2-3-7-17(16)12-14-19/h15-19H,2-14H2,1H3. The van der Waals surface area contributed by atoms with Gasteiger partial charge in [0, 0.05) is 11.8 Å². The highest BCUT2D eigenvalue weighted by Crippen LogP contribution is 2.41. The third-order valence-corrected chi connectivity index (χ3v) is 7.08. The second-order valence-electron chi connectivity index (χ2n) is 8.70. The lowest BCUT2D eigenvalue weighted by Crippen LogP contribution is -2.29. The van der Waals surface area contributed by atoms with Gasteiger partial charge in [-0.3, -0.25) is 9.59 Å². The average Bonchev–Trinajstić information content (AvgIpc) is 2.91. The molecule has 0 radical (unpaired) electrons. The van der Waals surface area contributed by atoms with Crippen LogP contribution < -0.4 is 0 Å². The maximum atomic E-state index is 12.8. The lowest BCUT2D eigenvalue weighted by Gasteiger charge is -2.29. The molecule has 23 heavy (non-hydrogen) atoms. The topological polar surface area (TPSA) is 34.1 Å². The number of carbonyl (C=O) groups excluding carboxylic acids is 2. The Balaban J connectivity index is 1.57. The van der Waals surface area contributed by atoms with Crippen LogP contribution in [0.4, 0.5) is 0 Å². The molecule has 0 aromatic heterocycles. The summed E-state index contributed by atoms with van der Waals surface area (Å²) in [5.74, 6) is 2.50. The third-order valence-electron chi connectivity index (χ3n) is 7.08. The Morgan fingerprint density at radius 2 is 1.09 bits per heavy atom. The van der Waals surface area contributed by atoms with Crippen molar-refractivity contribution in [1.82, 2.24) is 0 Å². The van der Waals surface area contributed by atoms with Crippen molar-refractivity contribution in [2.45, 2.75) is 90.4 Å². The SMILES string of the molecule is CC1CCCC(C(=O)C(=O)C2CCC3CCCCC3CC2)CC1. The molecule has 3 saturated carbocycles. The van der Waals surface area contributed by atoms with Crippen LogP contribution in [0.1, 0.15) is 90.4 Å². The zero-order valence-electron chi connectivity index (χ0n) is 14.9. The number of carbonyl (C=O) groups is 2. The predicted molar refractivity (Wildman–Crippen MR) is 93.2 cm³/mol. The number of fused-ring (bicyclic) bond motifs is 1. The Labute approximate surface area is 141 Å². The molecule has 2 heteroatoms. The molecule has 0 amide bonds. The van der Waals surface area contributed by atoms with Crippen LogP contribution in [0.3, 0.4) is 0 Å². The molecule has 4 unspecified atom stereocenters. The van der Waals surface area contributed by atoms with E-state index in [-0.39, 0.29) is 23.4 Å². The van der Waals surface area contributed by atoms with Crippen LogP contribution in [-0.4, -0.2) is 11.6 Å². The van der Waals surface area contributed by atoms with Crippen molar-refractivity contribution in [2.24, 2.45) is 29.6 Å². The highest BCUT2D eigenvalue weighted by atomic mass is 16.2. The lowest BCUT2D eigenvalue weighted by atomic mass is 9.77. The molecule has 0 N–H and O–H groups in total. The first-order chi connectivity index (χ1) is 11.1. The van der Waals surface area contributed by atoms with E-state index in [9.17, 15) is 9.59 Å². The molecule has 4 atom stereocenters.